The molecule has 94 valence electrons. The van der Waals surface area contributed by atoms with E-state index >= 15 is 0 Å². The molecule has 0 atom stereocenters. The minimum atomic E-state index is -0.0537. The van der Waals surface area contributed by atoms with Crippen molar-refractivity contribution in [3.8, 4) is 0 Å². The highest BCUT2D eigenvalue weighted by Gasteiger charge is 2.20. The van der Waals surface area contributed by atoms with Crippen LogP contribution in [0.1, 0.15) is 51.0 Å². The Morgan fingerprint density at radius 1 is 1.06 bits per heavy atom. The Hall–Kier alpha value is -0.470. The molecule has 1 aromatic rings. The van der Waals surface area contributed by atoms with Gasteiger partial charge in [-0.3, -0.25) is 0 Å². The SMILES string of the molecule is CC(C)Sc1ccc(C2CCC(O)CC2)cc1. The first-order valence-electron chi connectivity index (χ1n) is 6.60. The van der Waals surface area contributed by atoms with Crippen molar-refractivity contribution in [2.45, 2.75) is 61.7 Å². The Balaban J connectivity index is 1.97. The van der Waals surface area contributed by atoms with Crippen LogP contribution in [-0.4, -0.2) is 16.5 Å². The standard InChI is InChI=1S/C15H22OS/c1-11(2)17-15-9-5-13(6-10-15)12-3-7-14(16)8-4-12/h5-6,9-12,14,16H,3-4,7-8H2,1-2H3. The van der Waals surface area contributed by atoms with Gasteiger partial charge in [-0.2, -0.15) is 0 Å². The highest BCUT2D eigenvalue weighted by atomic mass is 32.2. The van der Waals surface area contributed by atoms with Crippen molar-refractivity contribution in [3.05, 3.63) is 29.8 Å². The zero-order valence-electron chi connectivity index (χ0n) is 10.7. The molecule has 0 spiro atoms. The number of aliphatic hydroxyl groups is 1. The second-order valence-electron chi connectivity index (χ2n) is 5.24. The number of aliphatic hydroxyl groups excluding tert-OH is 1. The van der Waals surface area contributed by atoms with Gasteiger partial charge in [0.15, 0.2) is 0 Å². The molecule has 0 heterocycles. The zero-order chi connectivity index (χ0) is 12.3. The van der Waals surface area contributed by atoms with Crippen LogP contribution in [0, 0.1) is 0 Å². The van der Waals surface area contributed by atoms with E-state index in [0.717, 1.165) is 25.7 Å². The van der Waals surface area contributed by atoms with Crippen LogP contribution in [-0.2, 0) is 0 Å². The van der Waals surface area contributed by atoms with E-state index in [9.17, 15) is 5.11 Å². The maximum Gasteiger partial charge on any atom is 0.0540 e. The number of benzene rings is 1. The molecule has 1 nitrogen and oxygen atoms in total. The number of thioether (sulfide) groups is 1. The van der Waals surface area contributed by atoms with Crippen LogP contribution in [0.15, 0.2) is 29.2 Å². The lowest BCUT2D eigenvalue weighted by atomic mass is 9.83. The van der Waals surface area contributed by atoms with Gasteiger partial charge in [-0.05, 0) is 49.3 Å². The lowest BCUT2D eigenvalue weighted by Crippen LogP contribution is -2.16. The largest absolute Gasteiger partial charge is 0.393 e. The van der Waals surface area contributed by atoms with Gasteiger partial charge in [0.25, 0.3) is 0 Å². The van der Waals surface area contributed by atoms with E-state index in [0.29, 0.717) is 11.2 Å². The smallest absolute Gasteiger partial charge is 0.0540 e. The molecule has 0 unspecified atom stereocenters. The second-order valence-corrected chi connectivity index (χ2v) is 6.89. The van der Waals surface area contributed by atoms with Crippen molar-refractivity contribution in [1.29, 1.82) is 0 Å². The molecule has 17 heavy (non-hydrogen) atoms. The highest BCUT2D eigenvalue weighted by Crippen LogP contribution is 2.34. The third-order valence-corrected chi connectivity index (χ3v) is 4.44. The fraction of sp³-hybridized carbons (Fsp3) is 0.600. The summed E-state index contributed by atoms with van der Waals surface area (Å²) in [6.45, 7) is 4.45. The van der Waals surface area contributed by atoms with Crippen LogP contribution >= 0.6 is 11.8 Å². The van der Waals surface area contributed by atoms with Gasteiger partial charge in [-0.15, -0.1) is 11.8 Å². The van der Waals surface area contributed by atoms with Crippen LogP contribution in [0.25, 0.3) is 0 Å². The topological polar surface area (TPSA) is 20.2 Å². The number of rotatable bonds is 3. The average molecular weight is 250 g/mol. The average Bonchev–Trinajstić information content (AvgIpc) is 2.30. The summed E-state index contributed by atoms with van der Waals surface area (Å²) < 4.78 is 0. The maximum absolute atomic E-state index is 9.51. The molecule has 0 saturated heterocycles. The second kappa shape index (κ2) is 5.92. The molecule has 1 aromatic carbocycles. The first-order valence-corrected chi connectivity index (χ1v) is 7.48. The van der Waals surface area contributed by atoms with Crippen molar-refractivity contribution >= 4 is 11.8 Å². The molecule has 0 amide bonds. The molecular weight excluding hydrogens is 228 g/mol. The summed E-state index contributed by atoms with van der Waals surface area (Å²) in [4.78, 5) is 1.36. The third kappa shape index (κ3) is 3.75. The van der Waals surface area contributed by atoms with E-state index in [2.05, 4.69) is 38.1 Å². The maximum atomic E-state index is 9.51. The normalized spacial score (nSPS) is 25.2. The van der Waals surface area contributed by atoms with Crippen molar-refractivity contribution in [3.63, 3.8) is 0 Å². The van der Waals surface area contributed by atoms with Gasteiger partial charge in [0, 0.05) is 10.1 Å². The zero-order valence-corrected chi connectivity index (χ0v) is 11.5. The summed E-state index contributed by atoms with van der Waals surface area (Å²) in [5.41, 5.74) is 1.45. The van der Waals surface area contributed by atoms with Gasteiger partial charge in [0.05, 0.1) is 6.10 Å². The first kappa shape index (κ1) is 13.0. The molecule has 1 aliphatic carbocycles. The van der Waals surface area contributed by atoms with E-state index in [1.807, 2.05) is 11.8 Å². The predicted octanol–water partition coefficient (Wildman–Crippen LogP) is 4.21. The van der Waals surface area contributed by atoms with Crippen molar-refractivity contribution in [1.82, 2.24) is 0 Å². The van der Waals surface area contributed by atoms with Crippen molar-refractivity contribution in [2.75, 3.05) is 0 Å². The van der Waals surface area contributed by atoms with E-state index in [1.165, 1.54) is 10.5 Å². The molecule has 0 aliphatic heterocycles. The van der Waals surface area contributed by atoms with Gasteiger partial charge in [-0.1, -0.05) is 26.0 Å². The molecule has 1 fully saturated rings. The molecule has 1 saturated carbocycles. The van der Waals surface area contributed by atoms with E-state index in [4.69, 9.17) is 0 Å². The molecule has 0 aromatic heterocycles. The molecule has 1 aliphatic rings. The van der Waals surface area contributed by atoms with Gasteiger partial charge in [0.1, 0.15) is 0 Å². The summed E-state index contributed by atoms with van der Waals surface area (Å²) in [7, 11) is 0. The number of hydrogen-bond acceptors (Lipinski definition) is 2. The van der Waals surface area contributed by atoms with Gasteiger partial charge >= 0.3 is 0 Å². The Kier molecular flexibility index (Phi) is 4.52. The van der Waals surface area contributed by atoms with Crippen LogP contribution in [0.4, 0.5) is 0 Å². The van der Waals surface area contributed by atoms with E-state index < -0.39 is 0 Å². The Bertz CT molecular complexity index is 336. The minimum Gasteiger partial charge on any atom is -0.393 e. The highest BCUT2D eigenvalue weighted by molar-refractivity contribution is 7.99. The molecular formula is C15H22OS. The Morgan fingerprint density at radius 3 is 2.18 bits per heavy atom. The van der Waals surface area contributed by atoms with Gasteiger partial charge < -0.3 is 5.11 Å². The minimum absolute atomic E-state index is 0.0537. The van der Waals surface area contributed by atoms with Crippen LogP contribution in [0.5, 0.6) is 0 Å². The fourth-order valence-electron chi connectivity index (χ4n) is 2.50. The summed E-state index contributed by atoms with van der Waals surface area (Å²) >= 11 is 1.91. The molecule has 2 rings (SSSR count). The van der Waals surface area contributed by atoms with E-state index in [-0.39, 0.29) is 6.10 Å². The lowest BCUT2D eigenvalue weighted by molar-refractivity contribution is 0.122. The molecule has 1 N–H and O–H groups in total. The number of hydrogen-bond donors (Lipinski definition) is 1. The van der Waals surface area contributed by atoms with Crippen LogP contribution < -0.4 is 0 Å². The van der Waals surface area contributed by atoms with Crippen molar-refractivity contribution in [2.24, 2.45) is 0 Å². The monoisotopic (exact) mass is 250 g/mol. The third-order valence-electron chi connectivity index (χ3n) is 3.42. The summed E-state index contributed by atoms with van der Waals surface area (Å²) in [5.74, 6) is 0.663. The molecule has 2 heteroatoms. The quantitative estimate of drug-likeness (QED) is 0.811. The van der Waals surface area contributed by atoms with E-state index in [1.54, 1.807) is 0 Å². The molecule has 0 radical (unpaired) electrons. The lowest BCUT2D eigenvalue weighted by Gasteiger charge is -2.25. The van der Waals surface area contributed by atoms with Gasteiger partial charge in [0.2, 0.25) is 0 Å². The first-order chi connectivity index (χ1) is 8.15. The van der Waals surface area contributed by atoms with Gasteiger partial charge in [-0.25, -0.2) is 0 Å². The predicted molar refractivity (Wildman–Crippen MR) is 74.7 cm³/mol. The Morgan fingerprint density at radius 2 is 1.65 bits per heavy atom. The summed E-state index contributed by atoms with van der Waals surface area (Å²) in [6, 6.07) is 9.02. The Labute approximate surface area is 109 Å². The summed E-state index contributed by atoms with van der Waals surface area (Å²) in [6.07, 6.45) is 4.15. The van der Waals surface area contributed by atoms with Crippen LogP contribution in [0.3, 0.4) is 0 Å². The van der Waals surface area contributed by atoms with Crippen molar-refractivity contribution < 1.29 is 5.11 Å². The van der Waals surface area contributed by atoms with Crippen LogP contribution in [0.2, 0.25) is 0 Å². The fourth-order valence-corrected chi connectivity index (χ4v) is 3.34. The molecule has 0 bridgehead atoms. The summed E-state index contributed by atoms with van der Waals surface area (Å²) in [5, 5.41) is 10.2.